The lowest BCUT2D eigenvalue weighted by Gasteiger charge is -2.18. The highest BCUT2D eigenvalue weighted by molar-refractivity contribution is 7.19. The average molecular weight is 439 g/mol. The zero-order valence-electron chi connectivity index (χ0n) is 16.6. The second-order valence-corrected chi connectivity index (χ2v) is 9.09. The number of hydrogen-bond donors (Lipinski definition) is 1. The number of anilines is 1. The minimum Gasteiger partial charge on any atom is -0.486 e. The Hall–Kier alpha value is -2.84. The van der Waals surface area contributed by atoms with Crippen molar-refractivity contribution >= 4 is 27.8 Å². The van der Waals surface area contributed by atoms with Gasteiger partial charge in [-0.3, -0.25) is 4.68 Å². The van der Waals surface area contributed by atoms with Crippen molar-refractivity contribution in [3.05, 3.63) is 64.1 Å². The molecule has 8 heteroatoms. The minimum atomic E-state index is 0.596. The summed E-state index contributed by atoms with van der Waals surface area (Å²) in [7, 11) is 0. The molecule has 4 heterocycles. The van der Waals surface area contributed by atoms with Crippen LogP contribution in [0.4, 0.5) is 5.13 Å². The molecule has 3 aromatic heterocycles. The highest BCUT2D eigenvalue weighted by Gasteiger charge is 2.14. The van der Waals surface area contributed by atoms with Gasteiger partial charge in [0.25, 0.3) is 0 Å². The highest BCUT2D eigenvalue weighted by Crippen LogP contribution is 2.33. The maximum atomic E-state index is 5.67. The van der Waals surface area contributed by atoms with E-state index in [0.717, 1.165) is 51.4 Å². The van der Waals surface area contributed by atoms with E-state index in [4.69, 9.17) is 14.6 Å². The van der Waals surface area contributed by atoms with E-state index in [9.17, 15) is 0 Å². The van der Waals surface area contributed by atoms with Crippen LogP contribution in [0.2, 0.25) is 0 Å². The Morgan fingerprint density at radius 3 is 2.90 bits per heavy atom. The molecule has 4 aromatic rings. The van der Waals surface area contributed by atoms with Crippen LogP contribution in [-0.4, -0.2) is 28.0 Å². The number of ether oxygens (including phenoxy) is 2. The fraction of sp³-hybridized carbons (Fsp3) is 0.273. The fourth-order valence-corrected chi connectivity index (χ4v) is 5.00. The summed E-state index contributed by atoms with van der Waals surface area (Å²) in [5.41, 5.74) is 3.10. The largest absolute Gasteiger partial charge is 0.486 e. The van der Waals surface area contributed by atoms with Crippen molar-refractivity contribution in [2.24, 2.45) is 0 Å². The molecule has 6 nitrogen and oxygen atoms in total. The number of hydrogen-bond acceptors (Lipinski definition) is 7. The first-order valence-electron chi connectivity index (χ1n) is 9.90. The van der Waals surface area contributed by atoms with Gasteiger partial charge < -0.3 is 14.8 Å². The summed E-state index contributed by atoms with van der Waals surface area (Å²) in [5, 5.41) is 11.2. The third kappa shape index (κ3) is 4.20. The van der Waals surface area contributed by atoms with E-state index < -0.39 is 0 Å². The molecule has 0 aliphatic carbocycles. The predicted molar refractivity (Wildman–Crippen MR) is 121 cm³/mol. The van der Waals surface area contributed by atoms with Gasteiger partial charge in [-0.1, -0.05) is 23.5 Å². The molecular weight excluding hydrogens is 416 g/mol. The monoisotopic (exact) mass is 438 g/mol. The number of aryl methyl sites for hydroxylation is 3. The van der Waals surface area contributed by atoms with E-state index in [2.05, 4.69) is 39.9 Å². The first-order valence-corrected chi connectivity index (χ1v) is 11.6. The quantitative estimate of drug-likeness (QED) is 0.440. The van der Waals surface area contributed by atoms with Crippen molar-refractivity contribution in [3.8, 4) is 22.1 Å². The second kappa shape index (κ2) is 8.49. The molecule has 1 aromatic carbocycles. The Labute approximate surface area is 183 Å². The van der Waals surface area contributed by atoms with Crippen molar-refractivity contribution < 1.29 is 9.47 Å². The number of rotatable bonds is 7. The highest BCUT2D eigenvalue weighted by atomic mass is 32.1. The maximum Gasteiger partial charge on any atom is 0.183 e. The predicted octanol–water partition coefficient (Wildman–Crippen LogP) is 5.00. The fourth-order valence-electron chi connectivity index (χ4n) is 3.37. The zero-order chi connectivity index (χ0) is 20.3. The minimum absolute atomic E-state index is 0.596. The van der Waals surface area contributed by atoms with Gasteiger partial charge in [-0.05, 0) is 42.1 Å². The average Bonchev–Trinajstić information content (AvgIpc) is 3.52. The molecule has 0 saturated heterocycles. The number of aromatic nitrogens is 3. The van der Waals surface area contributed by atoms with Gasteiger partial charge in [0, 0.05) is 30.6 Å². The van der Waals surface area contributed by atoms with Crippen LogP contribution in [-0.2, 0) is 19.5 Å². The first-order chi connectivity index (χ1) is 14.7. The van der Waals surface area contributed by atoms with E-state index in [1.807, 2.05) is 29.9 Å². The summed E-state index contributed by atoms with van der Waals surface area (Å²) < 4.78 is 13.3. The van der Waals surface area contributed by atoms with Crippen molar-refractivity contribution in [1.29, 1.82) is 0 Å². The molecule has 30 heavy (non-hydrogen) atoms. The van der Waals surface area contributed by atoms with Crippen LogP contribution in [0.5, 0.6) is 11.5 Å². The van der Waals surface area contributed by atoms with E-state index in [-0.39, 0.29) is 0 Å². The number of fused-ring (bicyclic) bond motifs is 1. The van der Waals surface area contributed by atoms with Crippen LogP contribution in [0.1, 0.15) is 16.1 Å². The van der Waals surface area contributed by atoms with Gasteiger partial charge in [0.1, 0.15) is 18.9 Å². The molecule has 0 amide bonds. The van der Waals surface area contributed by atoms with Crippen LogP contribution in [0.15, 0.2) is 48.0 Å². The zero-order valence-corrected chi connectivity index (χ0v) is 18.3. The summed E-state index contributed by atoms with van der Waals surface area (Å²) >= 11 is 3.43. The van der Waals surface area contributed by atoms with Crippen LogP contribution in [0.3, 0.4) is 0 Å². The van der Waals surface area contributed by atoms with Crippen LogP contribution in [0.25, 0.3) is 10.6 Å². The summed E-state index contributed by atoms with van der Waals surface area (Å²) in [6, 6.07) is 12.4. The van der Waals surface area contributed by atoms with E-state index in [0.29, 0.717) is 19.8 Å². The lowest BCUT2D eigenvalue weighted by Crippen LogP contribution is -2.15. The first kappa shape index (κ1) is 19.1. The summed E-state index contributed by atoms with van der Waals surface area (Å²) in [6.07, 6.45) is 3.05. The number of benzene rings is 1. The van der Waals surface area contributed by atoms with Gasteiger partial charge in [0.05, 0.1) is 10.6 Å². The third-order valence-electron chi connectivity index (χ3n) is 4.89. The van der Waals surface area contributed by atoms with Crippen molar-refractivity contribution in [1.82, 2.24) is 14.8 Å². The number of thiazole rings is 1. The van der Waals surface area contributed by atoms with Gasteiger partial charge in [0.2, 0.25) is 0 Å². The maximum absolute atomic E-state index is 5.67. The molecule has 0 spiro atoms. The second-order valence-electron chi connectivity index (χ2n) is 7.06. The Balaban J connectivity index is 1.24. The number of nitrogens with one attached hydrogen (secondary N) is 1. The molecule has 5 rings (SSSR count). The van der Waals surface area contributed by atoms with Gasteiger partial charge in [-0.25, -0.2) is 4.98 Å². The van der Waals surface area contributed by atoms with Gasteiger partial charge in [-0.2, -0.15) is 5.10 Å². The smallest absolute Gasteiger partial charge is 0.183 e. The Kier molecular flexibility index (Phi) is 5.42. The van der Waals surface area contributed by atoms with Crippen LogP contribution < -0.4 is 14.8 Å². The molecule has 0 unspecified atom stereocenters. The topological polar surface area (TPSA) is 61.2 Å². The van der Waals surface area contributed by atoms with Crippen molar-refractivity contribution in [3.63, 3.8) is 0 Å². The van der Waals surface area contributed by atoms with Crippen LogP contribution >= 0.6 is 22.7 Å². The Morgan fingerprint density at radius 2 is 2.03 bits per heavy atom. The molecule has 1 N–H and O–H groups in total. The third-order valence-corrected chi connectivity index (χ3v) is 6.96. The van der Waals surface area contributed by atoms with E-state index in [1.54, 1.807) is 22.7 Å². The number of nitrogens with zero attached hydrogens (tertiary/aromatic N) is 3. The Bertz CT molecular complexity index is 1130. The molecule has 0 atom stereocenters. The molecule has 1 aliphatic rings. The molecule has 0 saturated carbocycles. The number of thiophene rings is 1. The molecule has 0 radical (unpaired) electrons. The molecule has 0 bridgehead atoms. The summed E-state index contributed by atoms with van der Waals surface area (Å²) in [6.45, 7) is 4.80. The van der Waals surface area contributed by atoms with Crippen LogP contribution in [0, 0.1) is 6.92 Å². The lowest BCUT2D eigenvalue weighted by molar-refractivity contribution is 0.171. The summed E-state index contributed by atoms with van der Waals surface area (Å²) in [4.78, 5) is 7.18. The van der Waals surface area contributed by atoms with Gasteiger partial charge in [-0.15, -0.1) is 11.3 Å². The molecule has 154 valence electrons. The van der Waals surface area contributed by atoms with Gasteiger partial charge in [0.15, 0.2) is 16.6 Å². The standard InChI is InChI=1S/C22H22N4O2S2/c1-15-21(18-7-9-26(25-18)8-6-17-3-2-12-29-17)30-22(24-15)23-14-16-4-5-19-20(13-16)28-11-10-27-19/h2-5,7,9,12-13H,6,8,10-11,14H2,1H3,(H,23,24). The summed E-state index contributed by atoms with van der Waals surface area (Å²) in [5.74, 6) is 1.62. The van der Waals surface area contributed by atoms with Gasteiger partial charge >= 0.3 is 0 Å². The lowest BCUT2D eigenvalue weighted by atomic mass is 10.2. The SMILES string of the molecule is Cc1nc(NCc2ccc3c(c2)OCCO3)sc1-c1ccn(CCc2cccs2)n1. The molecule has 0 fully saturated rings. The van der Waals surface area contributed by atoms with E-state index >= 15 is 0 Å². The van der Waals surface area contributed by atoms with E-state index in [1.165, 1.54) is 4.88 Å². The molecular formula is C22H22N4O2S2. The van der Waals surface area contributed by atoms with Crippen molar-refractivity contribution in [2.75, 3.05) is 18.5 Å². The van der Waals surface area contributed by atoms with Crippen molar-refractivity contribution in [2.45, 2.75) is 26.4 Å². The Morgan fingerprint density at radius 1 is 1.13 bits per heavy atom. The normalized spacial score (nSPS) is 12.8. The molecule has 1 aliphatic heterocycles.